The minimum atomic E-state index is -1.20. The van der Waals surface area contributed by atoms with Gasteiger partial charge < -0.3 is 58.1 Å². The number of aliphatic carboxylic acids is 3. The van der Waals surface area contributed by atoms with Crippen LogP contribution >= 0.6 is 0 Å². The molecule has 12 nitrogen and oxygen atoms in total. The average molecular weight is 608 g/mol. The Balaban J connectivity index is -0.000000152. The summed E-state index contributed by atoms with van der Waals surface area (Å²) in [7, 11) is 4.55. The van der Waals surface area contributed by atoms with Gasteiger partial charge in [0.1, 0.15) is 0 Å². The molecule has 0 aromatic rings. The van der Waals surface area contributed by atoms with E-state index in [1.807, 2.05) is 0 Å². The SMILES string of the molecule is COCCOCC(=O)[O-].COCCOCC(=O)[O-].COCCOCC(=O)[O-].[Bi+3]. The summed E-state index contributed by atoms with van der Waals surface area (Å²) in [5.74, 6) is -3.61. The molecule has 28 heavy (non-hydrogen) atoms. The Kier molecular flexibility index (Phi) is 38.0. The Morgan fingerprint density at radius 1 is 0.536 bits per heavy atom. The van der Waals surface area contributed by atoms with Crippen LogP contribution in [-0.4, -0.2) is 125 Å². The van der Waals surface area contributed by atoms with Crippen LogP contribution < -0.4 is 15.3 Å². The first-order chi connectivity index (χ1) is 12.8. The number of carboxylic acid groups (broad SMARTS) is 3. The maximum atomic E-state index is 9.69. The molecule has 0 aliphatic carbocycles. The van der Waals surface area contributed by atoms with Crippen molar-refractivity contribution >= 4 is 44.1 Å². The Hall–Kier alpha value is -0.947. The number of carbonyl (C=O) groups is 3. The first-order valence-corrected chi connectivity index (χ1v) is 7.61. The van der Waals surface area contributed by atoms with Crippen LogP contribution in [0.1, 0.15) is 0 Å². The molecule has 13 heteroatoms. The topological polar surface area (TPSA) is 176 Å². The van der Waals surface area contributed by atoms with Gasteiger partial charge in [-0.05, 0) is 0 Å². The summed E-state index contributed by atoms with van der Waals surface area (Å²) >= 11 is 0. The van der Waals surface area contributed by atoms with Gasteiger partial charge in [-0.25, -0.2) is 0 Å². The van der Waals surface area contributed by atoms with Gasteiger partial charge in [-0.1, -0.05) is 0 Å². The molecule has 0 amide bonds. The van der Waals surface area contributed by atoms with Crippen LogP contribution in [0.25, 0.3) is 0 Å². The molecule has 0 N–H and O–H groups in total. The van der Waals surface area contributed by atoms with E-state index in [4.69, 9.17) is 0 Å². The Morgan fingerprint density at radius 2 is 0.750 bits per heavy atom. The largest absolute Gasteiger partial charge is 3.00 e. The van der Waals surface area contributed by atoms with Crippen molar-refractivity contribution in [3.63, 3.8) is 0 Å². The van der Waals surface area contributed by atoms with Gasteiger partial charge in [-0.3, -0.25) is 0 Å². The van der Waals surface area contributed by atoms with Crippen molar-refractivity contribution in [2.45, 2.75) is 0 Å². The van der Waals surface area contributed by atoms with Crippen molar-refractivity contribution in [1.82, 2.24) is 0 Å². The quantitative estimate of drug-likeness (QED) is 0.128. The zero-order valence-electron chi connectivity index (χ0n) is 16.2. The smallest absolute Gasteiger partial charge is 0.548 e. The zero-order chi connectivity index (χ0) is 21.3. The molecule has 164 valence electrons. The minimum absolute atomic E-state index is 0. The van der Waals surface area contributed by atoms with Crippen LogP contribution in [0.5, 0.6) is 0 Å². The van der Waals surface area contributed by atoms with Gasteiger partial charge in [0.05, 0.1) is 77.4 Å². The summed E-state index contributed by atoms with van der Waals surface area (Å²) < 4.78 is 27.4. The van der Waals surface area contributed by atoms with Gasteiger partial charge >= 0.3 is 26.2 Å². The number of hydrogen-bond acceptors (Lipinski definition) is 12. The van der Waals surface area contributed by atoms with Crippen molar-refractivity contribution < 1.29 is 58.1 Å². The van der Waals surface area contributed by atoms with E-state index in [0.717, 1.165) is 0 Å². The van der Waals surface area contributed by atoms with Crippen LogP contribution in [-0.2, 0) is 42.8 Å². The normalized spacial score (nSPS) is 9.11. The number of carboxylic acids is 3. The minimum Gasteiger partial charge on any atom is -0.548 e. The molecule has 0 saturated carbocycles. The molecule has 0 aromatic heterocycles. The van der Waals surface area contributed by atoms with E-state index < -0.39 is 17.9 Å². The van der Waals surface area contributed by atoms with E-state index in [0.29, 0.717) is 39.6 Å². The molecule has 0 rings (SSSR count). The van der Waals surface area contributed by atoms with Crippen LogP contribution in [0.3, 0.4) is 0 Å². The molecule has 0 spiro atoms. The van der Waals surface area contributed by atoms with E-state index >= 15 is 0 Å². The fraction of sp³-hybridized carbons (Fsp3) is 0.800. The van der Waals surface area contributed by atoms with Gasteiger partial charge in [0, 0.05) is 21.3 Å². The second kappa shape index (κ2) is 30.8. The summed E-state index contributed by atoms with van der Waals surface area (Å²) in [4.78, 5) is 29.1. The summed E-state index contributed by atoms with van der Waals surface area (Å²) in [6.07, 6.45) is 0. The van der Waals surface area contributed by atoms with Crippen molar-refractivity contribution in [2.24, 2.45) is 0 Å². The molecular formula is C15H27BiO12. The standard InChI is InChI=1S/3C5H10O4.Bi/c3*1-8-2-3-9-4-5(6)7;/h3*2-4H2,1H3,(H,6,7);/q;;;+3/p-3. The first-order valence-electron chi connectivity index (χ1n) is 7.61. The van der Waals surface area contributed by atoms with Gasteiger partial charge in [-0.15, -0.1) is 0 Å². The average Bonchev–Trinajstić information content (AvgIpc) is 2.60. The molecule has 0 atom stereocenters. The van der Waals surface area contributed by atoms with E-state index in [2.05, 4.69) is 28.4 Å². The van der Waals surface area contributed by atoms with Crippen LogP contribution in [0.4, 0.5) is 0 Å². The summed E-state index contributed by atoms with van der Waals surface area (Å²) in [5, 5.41) is 29.1. The molecule has 0 bridgehead atoms. The first kappa shape index (κ1) is 34.6. The van der Waals surface area contributed by atoms with Gasteiger partial charge in [0.2, 0.25) is 0 Å². The summed E-state index contributed by atoms with van der Waals surface area (Å²) in [6.45, 7) is 1.04. The van der Waals surface area contributed by atoms with Crippen molar-refractivity contribution in [1.29, 1.82) is 0 Å². The third kappa shape index (κ3) is 49.8. The van der Waals surface area contributed by atoms with E-state index in [-0.39, 0.29) is 46.0 Å². The van der Waals surface area contributed by atoms with Crippen molar-refractivity contribution in [3.8, 4) is 0 Å². The van der Waals surface area contributed by atoms with E-state index in [1.54, 1.807) is 0 Å². The summed E-state index contributed by atoms with van der Waals surface area (Å²) in [5.41, 5.74) is 0. The number of ether oxygens (including phenoxy) is 6. The third-order valence-electron chi connectivity index (χ3n) is 1.96. The van der Waals surface area contributed by atoms with Crippen LogP contribution in [0.2, 0.25) is 0 Å². The predicted molar refractivity (Wildman–Crippen MR) is 88.9 cm³/mol. The van der Waals surface area contributed by atoms with Gasteiger partial charge in [0.25, 0.3) is 0 Å². The predicted octanol–water partition coefficient (Wildman–Crippen LogP) is -5.18. The molecule has 0 unspecified atom stereocenters. The molecule has 0 fully saturated rings. The number of methoxy groups -OCH3 is 3. The van der Waals surface area contributed by atoms with Gasteiger partial charge in [-0.2, -0.15) is 0 Å². The number of hydrogen-bond donors (Lipinski definition) is 0. The van der Waals surface area contributed by atoms with Crippen molar-refractivity contribution in [3.05, 3.63) is 0 Å². The second-order valence-corrected chi connectivity index (χ2v) is 4.25. The molecule has 0 aliphatic rings. The van der Waals surface area contributed by atoms with Crippen molar-refractivity contribution in [2.75, 3.05) is 80.8 Å². The van der Waals surface area contributed by atoms with Crippen LogP contribution in [0, 0.1) is 0 Å². The van der Waals surface area contributed by atoms with Gasteiger partial charge in [0.15, 0.2) is 0 Å². The van der Waals surface area contributed by atoms with Crippen LogP contribution in [0.15, 0.2) is 0 Å². The Bertz CT molecular complexity index is 302. The molecule has 0 saturated heterocycles. The van der Waals surface area contributed by atoms with E-state index in [1.165, 1.54) is 21.3 Å². The Labute approximate surface area is 183 Å². The zero-order valence-corrected chi connectivity index (χ0v) is 19.7. The maximum Gasteiger partial charge on any atom is 3.00 e. The number of rotatable bonds is 15. The summed E-state index contributed by atoms with van der Waals surface area (Å²) in [6, 6.07) is 0. The molecule has 0 aromatic carbocycles. The molecular weight excluding hydrogens is 581 g/mol. The van der Waals surface area contributed by atoms with E-state index in [9.17, 15) is 29.7 Å². The Morgan fingerprint density at radius 3 is 0.893 bits per heavy atom. The number of carbonyl (C=O) groups excluding carboxylic acids is 3. The maximum absolute atomic E-state index is 9.69. The third-order valence-corrected chi connectivity index (χ3v) is 1.96. The molecule has 0 aliphatic heterocycles. The fourth-order valence-corrected chi connectivity index (χ4v) is 0.893. The second-order valence-electron chi connectivity index (χ2n) is 4.25. The monoisotopic (exact) mass is 608 g/mol. The molecule has 2 radical (unpaired) electrons. The molecule has 0 heterocycles. The fourth-order valence-electron chi connectivity index (χ4n) is 0.893.